The van der Waals surface area contributed by atoms with Crippen LogP contribution in [0, 0.1) is 11.3 Å². The summed E-state index contributed by atoms with van der Waals surface area (Å²) < 4.78 is 0. The molecule has 3 nitrogen and oxygen atoms in total. The summed E-state index contributed by atoms with van der Waals surface area (Å²) in [6.07, 6.45) is 1.03. The van der Waals surface area contributed by atoms with E-state index >= 15 is 0 Å². The van der Waals surface area contributed by atoms with Crippen molar-refractivity contribution in [2.45, 2.75) is 53.0 Å². The van der Waals surface area contributed by atoms with Gasteiger partial charge in [0.15, 0.2) is 5.96 Å². The van der Waals surface area contributed by atoms with Gasteiger partial charge >= 0.3 is 0 Å². The molecule has 0 bridgehead atoms. The molecule has 0 heterocycles. The molecule has 0 radical (unpaired) electrons. The summed E-state index contributed by atoms with van der Waals surface area (Å²) in [6.45, 7) is 11.7. The van der Waals surface area contributed by atoms with Gasteiger partial charge in [-0.1, -0.05) is 71.0 Å². The summed E-state index contributed by atoms with van der Waals surface area (Å²) in [4.78, 5) is 1.86. The van der Waals surface area contributed by atoms with Gasteiger partial charge in [-0.25, -0.2) is 0 Å². The third-order valence-corrected chi connectivity index (χ3v) is 4.32. The number of nitrogens with two attached hydrogens (primary N) is 1. The van der Waals surface area contributed by atoms with Crippen molar-refractivity contribution in [2.24, 2.45) is 11.7 Å². The molecule has 0 aromatic heterocycles. The SMILES string of the molecule is CC(C)Cc1cccc(N(Cc2ccc(C(C)(C)C)cc2)C(=N)N)c1. The highest BCUT2D eigenvalue weighted by Crippen LogP contribution is 2.24. The minimum absolute atomic E-state index is 0.0709. The Morgan fingerprint density at radius 1 is 1.04 bits per heavy atom. The van der Waals surface area contributed by atoms with E-state index in [9.17, 15) is 0 Å². The predicted octanol–water partition coefficient (Wildman–Crippen LogP) is 5.08. The topological polar surface area (TPSA) is 53.1 Å². The Hall–Kier alpha value is -2.29. The molecule has 0 saturated carbocycles. The van der Waals surface area contributed by atoms with Crippen LogP contribution in [0.2, 0.25) is 0 Å². The van der Waals surface area contributed by atoms with Crippen LogP contribution in [-0.4, -0.2) is 5.96 Å². The zero-order valence-electron chi connectivity index (χ0n) is 16.1. The Morgan fingerprint density at radius 3 is 2.20 bits per heavy atom. The zero-order valence-corrected chi connectivity index (χ0v) is 16.1. The number of guanidine groups is 1. The molecular weight excluding hydrogens is 306 g/mol. The number of hydrogen-bond donors (Lipinski definition) is 2. The van der Waals surface area contributed by atoms with E-state index in [2.05, 4.69) is 71.0 Å². The van der Waals surface area contributed by atoms with Crippen molar-refractivity contribution in [1.29, 1.82) is 5.41 Å². The monoisotopic (exact) mass is 337 g/mol. The Bertz CT molecular complexity index is 709. The van der Waals surface area contributed by atoms with Crippen LogP contribution < -0.4 is 10.6 Å². The number of nitrogens with zero attached hydrogens (tertiary/aromatic N) is 1. The molecule has 0 aliphatic rings. The number of anilines is 1. The maximum atomic E-state index is 8.00. The summed E-state index contributed by atoms with van der Waals surface area (Å²) in [5.74, 6) is 0.674. The molecule has 3 heteroatoms. The lowest BCUT2D eigenvalue weighted by Gasteiger charge is -2.24. The van der Waals surface area contributed by atoms with Crippen LogP contribution in [0.3, 0.4) is 0 Å². The lowest BCUT2D eigenvalue weighted by atomic mass is 9.87. The van der Waals surface area contributed by atoms with Crippen LogP contribution in [-0.2, 0) is 18.4 Å². The molecule has 25 heavy (non-hydrogen) atoms. The molecule has 0 amide bonds. The standard InChI is InChI=1S/C22H31N3/c1-16(2)13-18-7-6-8-20(14-18)25(21(23)24)15-17-9-11-19(12-10-17)22(3,4)5/h6-12,14,16H,13,15H2,1-5H3,(H3,23,24). The fraction of sp³-hybridized carbons (Fsp3) is 0.409. The fourth-order valence-corrected chi connectivity index (χ4v) is 2.93. The smallest absolute Gasteiger partial charge is 0.193 e. The van der Waals surface area contributed by atoms with E-state index in [1.807, 2.05) is 17.0 Å². The molecule has 0 fully saturated rings. The molecule has 0 aliphatic carbocycles. The molecule has 2 aromatic rings. The van der Waals surface area contributed by atoms with E-state index in [4.69, 9.17) is 11.1 Å². The summed E-state index contributed by atoms with van der Waals surface area (Å²) >= 11 is 0. The third kappa shape index (κ3) is 5.35. The zero-order chi connectivity index (χ0) is 18.6. The molecule has 2 rings (SSSR count). The first-order valence-electron chi connectivity index (χ1n) is 8.96. The summed E-state index contributed by atoms with van der Waals surface area (Å²) in [6, 6.07) is 17.0. The van der Waals surface area contributed by atoms with Crippen molar-refractivity contribution in [1.82, 2.24) is 0 Å². The van der Waals surface area contributed by atoms with E-state index < -0.39 is 0 Å². The normalized spacial score (nSPS) is 11.6. The molecular formula is C22H31N3. The highest BCUT2D eigenvalue weighted by atomic mass is 15.2. The molecule has 0 saturated heterocycles. The van der Waals surface area contributed by atoms with Crippen molar-refractivity contribution in [3.63, 3.8) is 0 Å². The summed E-state index contributed by atoms with van der Waals surface area (Å²) in [5, 5.41) is 8.00. The Kier molecular flexibility index (Phi) is 5.89. The average molecular weight is 338 g/mol. The number of nitrogens with one attached hydrogen (secondary N) is 1. The van der Waals surface area contributed by atoms with Crippen LogP contribution in [0.5, 0.6) is 0 Å². The maximum Gasteiger partial charge on any atom is 0.193 e. The lowest BCUT2D eigenvalue weighted by Crippen LogP contribution is -2.36. The van der Waals surface area contributed by atoms with Crippen molar-refractivity contribution in [3.05, 3.63) is 65.2 Å². The minimum atomic E-state index is 0.0709. The molecule has 134 valence electrons. The van der Waals surface area contributed by atoms with Crippen molar-refractivity contribution < 1.29 is 0 Å². The van der Waals surface area contributed by atoms with Gasteiger partial charge in [0.25, 0.3) is 0 Å². The van der Waals surface area contributed by atoms with E-state index in [-0.39, 0.29) is 11.4 Å². The van der Waals surface area contributed by atoms with Gasteiger partial charge in [-0.15, -0.1) is 0 Å². The Balaban J connectivity index is 2.23. The second kappa shape index (κ2) is 7.73. The average Bonchev–Trinajstić information content (AvgIpc) is 2.51. The molecule has 0 atom stereocenters. The van der Waals surface area contributed by atoms with Gasteiger partial charge in [0.05, 0.1) is 6.54 Å². The molecule has 2 aromatic carbocycles. The van der Waals surface area contributed by atoms with Crippen LogP contribution >= 0.6 is 0 Å². The van der Waals surface area contributed by atoms with Crippen LogP contribution in [0.25, 0.3) is 0 Å². The van der Waals surface area contributed by atoms with E-state index in [0.29, 0.717) is 12.5 Å². The van der Waals surface area contributed by atoms with Crippen LogP contribution in [0.15, 0.2) is 48.5 Å². The molecule has 3 N–H and O–H groups in total. The Labute approximate surface area is 152 Å². The van der Waals surface area contributed by atoms with Gasteiger partial charge < -0.3 is 10.6 Å². The van der Waals surface area contributed by atoms with Crippen molar-refractivity contribution >= 4 is 11.6 Å². The number of hydrogen-bond acceptors (Lipinski definition) is 1. The molecule has 0 unspecified atom stereocenters. The van der Waals surface area contributed by atoms with Gasteiger partial charge in [0.2, 0.25) is 0 Å². The highest BCUT2D eigenvalue weighted by molar-refractivity contribution is 5.92. The summed E-state index contributed by atoms with van der Waals surface area (Å²) in [7, 11) is 0. The first-order chi connectivity index (χ1) is 11.7. The first-order valence-corrected chi connectivity index (χ1v) is 8.96. The Morgan fingerprint density at radius 2 is 1.68 bits per heavy atom. The third-order valence-electron chi connectivity index (χ3n) is 4.32. The second-order valence-corrected chi connectivity index (χ2v) is 8.19. The van der Waals surface area contributed by atoms with Gasteiger partial charge in [-0.05, 0) is 46.6 Å². The van der Waals surface area contributed by atoms with Gasteiger partial charge in [0, 0.05) is 5.69 Å². The molecule has 0 spiro atoms. The highest BCUT2D eigenvalue weighted by Gasteiger charge is 2.15. The van der Waals surface area contributed by atoms with E-state index in [1.165, 1.54) is 11.1 Å². The van der Waals surface area contributed by atoms with Gasteiger partial charge in [0.1, 0.15) is 0 Å². The number of rotatable bonds is 5. The maximum absolute atomic E-state index is 8.00. The summed E-state index contributed by atoms with van der Waals surface area (Å²) in [5.41, 5.74) is 10.7. The van der Waals surface area contributed by atoms with Gasteiger partial charge in [-0.2, -0.15) is 0 Å². The van der Waals surface area contributed by atoms with E-state index in [1.54, 1.807) is 0 Å². The lowest BCUT2D eigenvalue weighted by molar-refractivity contribution is 0.590. The minimum Gasteiger partial charge on any atom is -0.370 e. The van der Waals surface area contributed by atoms with E-state index in [0.717, 1.165) is 17.7 Å². The van der Waals surface area contributed by atoms with Crippen LogP contribution in [0.4, 0.5) is 5.69 Å². The first kappa shape index (κ1) is 19.0. The van der Waals surface area contributed by atoms with Crippen LogP contribution in [0.1, 0.15) is 51.3 Å². The molecule has 0 aliphatic heterocycles. The predicted molar refractivity (Wildman–Crippen MR) is 108 cm³/mol. The number of benzene rings is 2. The quantitative estimate of drug-likeness (QED) is 0.590. The van der Waals surface area contributed by atoms with Crippen molar-refractivity contribution in [2.75, 3.05) is 4.90 Å². The van der Waals surface area contributed by atoms with Crippen molar-refractivity contribution in [3.8, 4) is 0 Å². The second-order valence-electron chi connectivity index (χ2n) is 8.19. The largest absolute Gasteiger partial charge is 0.370 e. The van der Waals surface area contributed by atoms with Gasteiger partial charge in [-0.3, -0.25) is 5.41 Å². The fourth-order valence-electron chi connectivity index (χ4n) is 2.93.